The topological polar surface area (TPSA) is 34.1 Å². The molecule has 1 saturated carbocycles. The second-order valence-corrected chi connectivity index (χ2v) is 6.16. The van der Waals surface area contributed by atoms with Gasteiger partial charge in [0.05, 0.1) is 5.69 Å². The second-order valence-electron chi connectivity index (χ2n) is 4.99. The van der Waals surface area contributed by atoms with Crippen molar-refractivity contribution in [3.05, 3.63) is 45.7 Å². The lowest BCUT2D eigenvalue weighted by molar-refractivity contribution is 0.289. The van der Waals surface area contributed by atoms with Gasteiger partial charge in [0.2, 0.25) is 0 Å². The van der Waals surface area contributed by atoms with Gasteiger partial charge in [0.15, 0.2) is 11.6 Å². The predicted octanol–water partition coefficient (Wildman–Crippen LogP) is 3.42. The van der Waals surface area contributed by atoms with Gasteiger partial charge in [0.25, 0.3) is 0 Å². The van der Waals surface area contributed by atoms with Crippen LogP contribution in [0.15, 0.2) is 24.3 Å². The van der Waals surface area contributed by atoms with E-state index in [0.717, 1.165) is 17.2 Å². The number of benzene rings is 1. The predicted molar refractivity (Wildman–Crippen MR) is 77.4 cm³/mol. The van der Waals surface area contributed by atoms with Crippen molar-refractivity contribution in [1.82, 2.24) is 10.3 Å². The molecule has 0 saturated heterocycles. The number of ether oxygens (including phenoxy) is 1. The van der Waals surface area contributed by atoms with Crippen molar-refractivity contribution < 1.29 is 9.13 Å². The van der Waals surface area contributed by atoms with E-state index in [4.69, 9.17) is 4.74 Å². The first-order chi connectivity index (χ1) is 9.72. The molecule has 0 aliphatic heterocycles. The third-order valence-electron chi connectivity index (χ3n) is 3.25. The first-order valence-electron chi connectivity index (χ1n) is 6.78. The average molecular weight is 292 g/mol. The molecular weight excluding hydrogens is 275 g/mol. The molecule has 1 aromatic heterocycles. The van der Waals surface area contributed by atoms with Gasteiger partial charge in [-0.25, -0.2) is 9.37 Å². The fourth-order valence-corrected chi connectivity index (χ4v) is 2.87. The number of aromatic nitrogens is 1. The van der Waals surface area contributed by atoms with Gasteiger partial charge in [-0.1, -0.05) is 12.1 Å². The summed E-state index contributed by atoms with van der Waals surface area (Å²) in [6.45, 7) is 3.19. The van der Waals surface area contributed by atoms with E-state index in [9.17, 15) is 4.39 Å². The zero-order valence-corrected chi connectivity index (χ0v) is 12.2. The smallest absolute Gasteiger partial charge is 0.165 e. The van der Waals surface area contributed by atoms with Crippen LogP contribution in [0.2, 0.25) is 0 Å². The Balaban J connectivity index is 1.59. The Kier molecular flexibility index (Phi) is 3.98. The maximum absolute atomic E-state index is 13.4. The third kappa shape index (κ3) is 3.35. The van der Waals surface area contributed by atoms with E-state index in [1.165, 1.54) is 23.8 Å². The van der Waals surface area contributed by atoms with E-state index < -0.39 is 0 Å². The minimum Gasteiger partial charge on any atom is -0.483 e. The van der Waals surface area contributed by atoms with Crippen LogP contribution >= 0.6 is 11.3 Å². The fraction of sp³-hybridized carbons (Fsp3) is 0.400. The van der Waals surface area contributed by atoms with Crippen molar-refractivity contribution in [2.75, 3.05) is 0 Å². The summed E-state index contributed by atoms with van der Waals surface area (Å²) in [4.78, 5) is 5.72. The molecule has 3 rings (SSSR count). The molecule has 1 aliphatic carbocycles. The molecule has 20 heavy (non-hydrogen) atoms. The maximum atomic E-state index is 13.4. The number of rotatable bonds is 6. The summed E-state index contributed by atoms with van der Waals surface area (Å²) in [6, 6.07) is 7.13. The van der Waals surface area contributed by atoms with Gasteiger partial charge >= 0.3 is 0 Å². The van der Waals surface area contributed by atoms with Crippen LogP contribution in [-0.4, -0.2) is 11.0 Å². The van der Waals surface area contributed by atoms with Gasteiger partial charge in [0.1, 0.15) is 11.6 Å². The van der Waals surface area contributed by atoms with E-state index in [2.05, 4.69) is 10.3 Å². The minimum atomic E-state index is -0.337. The number of halogens is 1. The van der Waals surface area contributed by atoms with Crippen LogP contribution in [0.25, 0.3) is 0 Å². The summed E-state index contributed by atoms with van der Waals surface area (Å²) < 4.78 is 18.9. The lowest BCUT2D eigenvalue weighted by Gasteiger charge is -2.04. The number of thiazole rings is 1. The summed E-state index contributed by atoms with van der Waals surface area (Å²) >= 11 is 1.63. The molecule has 2 aromatic rings. The highest BCUT2D eigenvalue weighted by molar-refractivity contribution is 7.11. The monoisotopic (exact) mass is 292 g/mol. The zero-order chi connectivity index (χ0) is 13.9. The van der Waals surface area contributed by atoms with E-state index in [0.29, 0.717) is 12.6 Å². The summed E-state index contributed by atoms with van der Waals surface area (Å²) in [5.41, 5.74) is 1.04. The Labute approximate surface area is 121 Å². The van der Waals surface area contributed by atoms with E-state index in [1.54, 1.807) is 29.5 Å². The van der Waals surface area contributed by atoms with Crippen LogP contribution in [0.3, 0.4) is 0 Å². The first-order valence-corrected chi connectivity index (χ1v) is 7.60. The van der Waals surface area contributed by atoms with Gasteiger partial charge in [-0.05, 0) is 31.9 Å². The number of hydrogen-bond donors (Lipinski definition) is 1. The van der Waals surface area contributed by atoms with Crippen molar-refractivity contribution in [3.8, 4) is 5.75 Å². The number of nitrogens with zero attached hydrogens (tertiary/aromatic N) is 1. The summed E-state index contributed by atoms with van der Waals surface area (Å²) in [5.74, 6) is -0.0607. The molecule has 1 aromatic carbocycles. The SMILES string of the molecule is Cc1nc(COc2ccccc2F)sc1CNC1CC1. The van der Waals surface area contributed by atoms with Gasteiger partial charge in [0, 0.05) is 17.5 Å². The van der Waals surface area contributed by atoms with Gasteiger partial charge in [-0.3, -0.25) is 0 Å². The highest BCUT2D eigenvalue weighted by atomic mass is 32.1. The molecular formula is C15H17FN2OS. The number of para-hydroxylation sites is 1. The largest absolute Gasteiger partial charge is 0.483 e. The Hall–Kier alpha value is -1.46. The highest BCUT2D eigenvalue weighted by Crippen LogP contribution is 2.24. The molecule has 0 atom stereocenters. The third-order valence-corrected chi connectivity index (χ3v) is 4.38. The van der Waals surface area contributed by atoms with Crippen LogP contribution in [0.5, 0.6) is 5.75 Å². The van der Waals surface area contributed by atoms with Crippen molar-refractivity contribution in [3.63, 3.8) is 0 Å². The average Bonchev–Trinajstić information content (AvgIpc) is 3.20. The molecule has 1 heterocycles. The summed E-state index contributed by atoms with van der Waals surface area (Å²) in [6.07, 6.45) is 2.56. The standard InChI is InChI=1S/C15H17FN2OS/c1-10-14(8-17-11-6-7-11)20-15(18-10)9-19-13-5-3-2-4-12(13)16/h2-5,11,17H,6-9H2,1H3. The van der Waals surface area contributed by atoms with Crippen LogP contribution in [-0.2, 0) is 13.2 Å². The Morgan fingerprint density at radius 3 is 2.95 bits per heavy atom. The molecule has 0 spiro atoms. The molecule has 1 aliphatic rings. The molecule has 1 N–H and O–H groups in total. The first kappa shape index (κ1) is 13.5. The highest BCUT2D eigenvalue weighted by Gasteiger charge is 2.21. The van der Waals surface area contributed by atoms with E-state index >= 15 is 0 Å². The Bertz CT molecular complexity index is 595. The van der Waals surface area contributed by atoms with Crippen LogP contribution in [0.4, 0.5) is 4.39 Å². The fourth-order valence-electron chi connectivity index (χ4n) is 1.94. The summed E-state index contributed by atoms with van der Waals surface area (Å²) in [7, 11) is 0. The quantitative estimate of drug-likeness (QED) is 0.886. The Morgan fingerprint density at radius 1 is 1.40 bits per heavy atom. The van der Waals surface area contributed by atoms with Gasteiger partial charge in [-0.15, -0.1) is 11.3 Å². The van der Waals surface area contributed by atoms with Crippen molar-refractivity contribution >= 4 is 11.3 Å². The molecule has 0 bridgehead atoms. The normalized spacial score (nSPS) is 14.5. The molecule has 0 radical (unpaired) electrons. The minimum absolute atomic E-state index is 0.276. The lowest BCUT2D eigenvalue weighted by atomic mass is 10.3. The van der Waals surface area contributed by atoms with E-state index in [-0.39, 0.29) is 11.6 Å². The van der Waals surface area contributed by atoms with E-state index in [1.807, 2.05) is 6.92 Å². The lowest BCUT2D eigenvalue weighted by Crippen LogP contribution is -2.14. The molecule has 1 fully saturated rings. The number of nitrogens with one attached hydrogen (secondary N) is 1. The molecule has 0 unspecified atom stereocenters. The molecule has 106 valence electrons. The van der Waals surface area contributed by atoms with Crippen LogP contribution in [0.1, 0.15) is 28.4 Å². The number of hydrogen-bond acceptors (Lipinski definition) is 4. The maximum Gasteiger partial charge on any atom is 0.165 e. The number of aryl methyl sites for hydroxylation is 1. The Morgan fingerprint density at radius 2 is 2.20 bits per heavy atom. The molecule has 5 heteroatoms. The van der Waals surface area contributed by atoms with Gasteiger partial charge < -0.3 is 10.1 Å². The van der Waals surface area contributed by atoms with Crippen molar-refractivity contribution in [2.45, 2.75) is 39.0 Å². The zero-order valence-electron chi connectivity index (χ0n) is 11.4. The van der Waals surface area contributed by atoms with Crippen molar-refractivity contribution in [2.24, 2.45) is 0 Å². The van der Waals surface area contributed by atoms with Crippen LogP contribution in [0, 0.1) is 12.7 Å². The molecule has 0 amide bonds. The van der Waals surface area contributed by atoms with Crippen LogP contribution < -0.4 is 10.1 Å². The second kappa shape index (κ2) is 5.89. The van der Waals surface area contributed by atoms with Gasteiger partial charge in [-0.2, -0.15) is 0 Å². The summed E-state index contributed by atoms with van der Waals surface area (Å²) in [5, 5.41) is 4.37. The molecule has 3 nitrogen and oxygen atoms in total. The van der Waals surface area contributed by atoms with Crippen molar-refractivity contribution in [1.29, 1.82) is 0 Å².